The molecule has 0 unspecified atom stereocenters. The van der Waals surface area contributed by atoms with Gasteiger partial charge in [-0.1, -0.05) is 6.07 Å². The summed E-state index contributed by atoms with van der Waals surface area (Å²) in [5.74, 6) is -0.252. The van der Waals surface area contributed by atoms with E-state index in [2.05, 4.69) is 10.0 Å². The number of nitrogens with zero attached hydrogens (tertiary/aromatic N) is 2. The normalized spacial score (nSPS) is 18.2. The highest BCUT2D eigenvalue weighted by Crippen LogP contribution is 2.24. The third kappa shape index (κ3) is 5.15. The van der Waals surface area contributed by atoms with Crippen molar-refractivity contribution in [3.63, 3.8) is 0 Å². The maximum atomic E-state index is 12.6. The number of rotatable bonds is 4. The molecule has 2 fully saturated rings. The van der Waals surface area contributed by atoms with E-state index in [1.54, 1.807) is 25.1 Å². The number of likely N-dealkylation sites (tertiary alicyclic amines) is 2. The second-order valence-corrected chi connectivity index (χ2v) is 9.38. The molecule has 1 aromatic carbocycles. The van der Waals surface area contributed by atoms with E-state index in [0.29, 0.717) is 37.3 Å². The van der Waals surface area contributed by atoms with Gasteiger partial charge in [-0.15, -0.1) is 0 Å². The van der Waals surface area contributed by atoms with Gasteiger partial charge < -0.3 is 15.1 Å². The lowest BCUT2D eigenvalue weighted by Gasteiger charge is -2.34. The van der Waals surface area contributed by atoms with Crippen molar-refractivity contribution >= 4 is 33.3 Å². The summed E-state index contributed by atoms with van der Waals surface area (Å²) in [6, 6.07) is 5.24. The molecule has 2 aliphatic rings. The molecule has 28 heavy (non-hydrogen) atoms. The maximum Gasteiger partial charge on any atom is 0.319 e. The minimum atomic E-state index is -3.39. The van der Waals surface area contributed by atoms with Crippen LogP contribution in [0.25, 0.3) is 0 Å². The van der Waals surface area contributed by atoms with Gasteiger partial charge in [-0.3, -0.25) is 9.52 Å². The lowest BCUT2D eigenvalue weighted by atomic mass is 9.96. The number of piperidine rings is 1. The molecule has 2 heterocycles. The van der Waals surface area contributed by atoms with E-state index in [1.165, 1.54) is 0 Å². The van der Waals surface area contributed by atoms with Gasteiger partial charge in [-0.2, -0.15) is 0 Å². The van der Waals surface area contributed by atoms with Gasteiger partial charge >= 0.3 is 6.03 Å². The lowest BCUT2D eigenvalue weighted by molar-refractivity contribution is -0.121. The van der Waals surface area contributed by atoms with Crippen LogP contribution in [-0.4, -0.2) is 62.6 Å². The van der Waals surface area contributed by atoms with Crippen molar-refractivity contribution < 1.29 is 18.0 Å². The van der Waals surface area contributed by atoms with Gasteiger partial charge in [0.1, 0.15) is 0 Å². The number of anilines is 2. The molecule has 8 nitrogen and oxygen atoms in total. The van der Waals surface area contributed by atoms with E-state index < -0.39 is 10.0 Å². The average Bonchev–Trinajstić information content (AvgIpc) is 3.17. The Kier molecular flexibility index (Phi) is 6.12. The van der Waals surface area contributed by atoms with Gasteiger partial charge in [0.05, 0.1) is 11.9 Å². The fourth-order valence-electron chi connectivity index (χ4n) is 3.70. The van der Waals surface area contributed by atoms with Gasteiger partial charge in [0.25, 0.3) is 0 Å². The Bertz CT molecular complexity index is 841. The predicted molar refractivity (Wildman–Crippen MR) is 109 cm³/mol. The molecule has 3 rings (SSSR count). The zero-order chi connectivity index (χ0) is 20.3. The molecule has 3 amide bonds. The third-order valence-corrected chi connectivity index (χ3v) is 5.90. The van der Waals surface area contributed by atoms with E-state index in [9.17, 15) is 18.0 Å². The van der Waals surface area contributed by atoms with E-state index in [4.69, 9.17) is 0 Å². The molecule has 0 aliphatic carbocycles. The van der Waals surface area contributed by atoms with Crippen molar-refractivity contribution in [2.75, 3.05) is 42.5 Å². The van der Waals surface area contributed by atoms with E-state index in [0.717, 1.165) is 37.8 Å². The number of sulfonamides is 1. The molecule has 2 saturated heterocycles. The second kappa shape index (κ2) is 8.38. The van der Waals surface area contributed by atoms with Crippen LogP contribution in [0.1, 0.15) is 31.2 Å². The van der Waals surface area contributed by atoms with Crippen molar-refractivity contribution in [1.29, 1.82) is 0 Å². The Morgan fingerprint density at radius 1 is 1.04 bits per heavy atom. The Morgan fingerprint density at radius 3 is 2.25 bits per heavy atom. The Balaban J connectivity index is 1.56. The summed E-state index contributed by atoms with van der Waals surface area (Å²) in [7, 11) is -3.39. The highest BCUT2D eigenvalue weighted by Gasteiger charge is 2.30. The standard InChI is InChI=1S/C19H28N4O4S/c1-14-5-6-16(13-17(14)21-28(2,26)27)20-18(24)15-7-11-23(12-8-15)19(25)22-9-3-4-10-22/h5-6,13,15,21H,3-4,7-12H2,1-2H3,(H,20,24). The first-order valence-corrected chi connectivity index (χ1v) is 11.6. The highest BCUT2D eigenvalue weighted by molar-refractivity contribution is 7.92. The van der Waals surface area contributed by atoms with Gasteiger partial charge in [-0.25, -0.2) is 13.2 Å². The number of hydrogen-bond donors (Lipinski definition) is 2. The number of nitrogens with one attached hydrogen (secondary N) is 2. The Hall–Kier alpha value is -2.29. The summed E-state index contributed by atoms with van der Waals surface area (Å²) >= 11 is 0. The topological polar surface area (TPSA) is 98.8 Å². The minimum absolute atomic E-state index is 0.0892. The summed E-state index contributed by atoms with van der Waals surface area (Å²) in [6.07, 6.45) is 4.49. The number of benzene rings is 1. The fourth-order valence-corrected chi connectivity index (χ4v) is 4.31. The van der Waals surface area contributed by atoms with Crippen LogP contribution in [0, 0.1) is 12.8 Å². The molecule has 0 bridgehead atoms. The van der Waals surface area contributed by atoms with Crippen LogP contribution in [0.3, 0.4) is 0 Å². The first-order chi connectivity index (χ1) is 13.2. The van der Waals surface area contributed by atoms with E-state index in [-0.39, 0.29) is 17.9 Å². The fraction of sp³-hybridized carbons (Fsp3) is 0.579. The molecule has 0 saturated carbocycles. The molecule has 0 aromatic heterocycles. The molecule has 9 heteroatoms. The van der Waals surface area contributed by atoms with Crippen LogP contribution < -0.4 is 10.0 Å². The van der Waals surface area contributed by atoms with Gasteiger partial charge in [0.15, 0.2) is 0 Å². The molecular weight excluding hydrogens is 380 g/mol. The summed E-state index contributed by atoms with van der Waals surface area (Å²) in [5.41, 5.74) is 1.78. The van der Waals surface area contributed by atoms with E-state index in [1.807, 2.05) is 9.80 Å². The summed E-state index contributed by atoms with van der Waals surface area (Å²) in [6.45, 7) is 4.63. The summed E-state index contributed by atoms with van der Waals surface area (Å²) < 4.78 is 25.4. The Labute approximate surface area is 166 Å². The van der Waals surface area contributed by atoms with Crippen molar-refractivity contribution in [1.82, 2.24) is 9.80 Å². The molecule has 0 atom stereocenters. The maximum absolute atomic E-state index is 12.6. The van der Waals surface area contributed by atoms with Crippen molar-refractivity contribution in [2.24, 2.45) is 5.92 Å². The number of urea groups is 1. The number of carbonyl (C=O) groups excluding carboxylic acids is 2. The van der Waals surface area contributed by atoms with Crippen LogP contribution in [-0.2, 0) is 14.8 Å². The van der Waals surface area contributed by atoms with Crippen LogP contribution >= 0.6 is 0 Å². The average molecular weight is 409 g/mol. The first kappa shape index (κ1) is 20.4. The molecule has 2 N–H and O–H groups in total. The molecule has 0 spiro atoms. The molecule has 0 radical (unpaired) electrons. The third-order valence-electron chi connectivity index (χ3n) is 5.31. The van der Waals surface area contributed by atoms with Crippen LogP contribution in [0.2, 0.25) is 0 Å². The predicted octanol–water partition coefficient (Wildman–Crippen LogP) is 2.23. The monoisotopic (exact) mass is 408 g/mol. The largest absolute Gasteiger partial charge is 0.326 e. The zero-order valence-electron chi connectivity index (χ0n) is 16.4. The second-order valence-electron chi connectivity index (χ2n) is 7.63. The highest BCUT2D eigenvalue weighted by atomic mass is 32.2. The number of aryl methyl sites for hydroxylation is 1. The molecular formula is C19H28N4O4S. The molecule has 1 aromatic rings. The van der Waals surface area contributed by atoms with Gasteiger partial charge in [-0.05, 0) is 50.3 Å². The van der Waals surface area contributed by atoms with Crippen LogP contribution in [0.15, 0.2) is 18.2 Å². The smallest absolute Gasteiger partial charge is 0.319 e. The van der Waals surface area contributed by atoms with Gasteiger partial charge in [0, 0.05) is 37.8 Å². The quantitative estimate of drug-likeness (QED) is 0.798. The number of carbonyl (C=O) groups is 2. The van der Waals surface area contributed by atoms with E-state index >= 15 is 0 Å². The SMILES string of the molecule is Cc1ccc(NC(=O)C2CCN(C(=O)N3CCCC3)CC2)cc1NS(C)(=O)=O. The van der Waals surface area contributed by atoms with Gasteiger partial charge in [0.2, 0.25) is 15.9 Å². The lowest BCUT2D eigenvalue weighted by Crippen LogP contribution is -2.47. The summed E-state index contributed by atoms with van der Waals surface area (Å²) in [4.78, 5) is 28.8. The number of hydrogen-bond acceptors (Lipinski definition) is 4. The first-order valence-electron chi connectivity index (χ1n) is 9.66. The molecule has 2 aliphatic heterocycles. The minimum Gasteiger partial charge on any atom is -0.326 e. The zero-order valence-corrected chi connectivity index (χ0v) is 17.2. The van der Waals surface area contributed by atoms with Crippen molar-refractivity contribution in [3.8, 4) is 0 Å². The number of amides is 3. The van der Waals surface area contributed by atoms with Crippen molar-refractivity contribution in [3.05, 3.63) is 23.8 Å². The van der Waals surface area contributed by atoms with Crippen LogP contribution in [0.4, 0.5) is 16.2 Å². The molecule has 154 valence electrons. The Morgan fingerprint density at radius 2 is 1.64 bits per heavy atom. The van der Waals surface area contributed by atoms with Crippen molar-refractivity contribution in [2.45, 2.75) is 32.6 Å². The summed E-state index contributed by atoms with van der Waals surface area (Å²) in [5, 5.41) is 2.88. The van der Waals surface area contributed by atoms with Crippen LogP contribution in [0.5, 0.6) is 0 Å².